The van der Waals surface area contributed by atoms with Crippen LogP contribution in [0.15, 0.2) is 24.3 Å². The normalized spacial score (nSPS) is 15.5. The number of hydrogen-bond acceptors (Lipinski definition) is 4. The molecule has 0 aromatic heterocycles. The highest BCUT2D eigenvalue weighted by molar-refractivity contribution is 5.95. The summed E-state index contributed by atoms with van der Waals surface area (Å²) in [5.74, 6) is -1.07. The lowest BCUT2D eigenvalue weighted by Crippen LogP contribution is -2.46. The van der Waals surface area contributed by atoms with Crippen molar-refractivity contribution in [3.63, 3.8) is 0 Å². The lowest BCUT2D eigenvalue weighted by molar-refractivity contribution is -0.126. The first kappa shape index (κ1) is 19.8. The van der Waals surface area contributed by atoms with E-state index < -0.39 is 11.7 Å². The monoisotopic (exact) mass is 364 g/mol. The number of nitrogens with zero attached hydrogens (tertiary/aromatic N) is 2. The molecule has 1 heterocycles. The Morgan fingerprint density at radius 2 is 1.85 bits per heavy atom. The van der Waals surface area contributed by atoms with Gasteiger partial charge in [-0.2, -0.15) is 0 Å². The number of hydrogen-bond donors (Lipinski definition) is 2. The van der Waals surface area contributed by atoms with Gasteiger partial charge in [0.1, 0.15) is 5.82 Å². The predicted octanol–water partition coefficient (Wildman–Crippen LogP) is 0.492. The quantitative estimate of drug-likeness (QED) is 0.736. The number of anilines is 1. The SMILES string of the molecule is CNC(=O)C1CCN(CC(=O)N(CCC(N)=O)c2ccc(F)cc2)CC1. The zero-order valence-corrected chi connectivity index (χ0v) is 14.9. The van der Waals surface area contributed by atoms with Gasteiger partial charge in [-0.05, 0) is 50.2 Å². The summed E-state index contributed by atoms with van der Waals surface area (Å²) >= 11 is 0. The van der Waals surface area contributed by atoms with Crippen molar-refractivity contribution in [3.8, 4) is 0 Å². The van der Waals surface area contributed by atoms with Crippen LogP contribution in [-0.4, -0.2) is 55.8 Å². The van der Waals surface area contributed by atoms with E-state index in [-0.39, 0.29) is 37.2 Å². The summed E-state index contributed by atoms with van der Waals surface area (Å²) in [5, 5.41) is 2.65. The van der Waals surface area contributed by atoms with Gasteiger partial charge in [0.05, 0.1) is 6.54 Å². The van der Waals surface area contributed by atoms with Crippen molar-refractivity contribution in [2.75, 3.05) is 38.1 Å². The molecule has 2 rings (SSSR count). The molecule has 7 nitrogen and oxygen atoms in total. The van der Waals surface area contributed by atoms with Crippen LogP contribution in [0.25, 0.3) is 0 Å². The van der Waals surface area contributed by atoms with Crippen molar-refractivity contribution in [1.29, 1.82) is 0 Å². The second kappa shape index (κ2) is 9.28. The molecule has 1 aliphatic heterocycles. The number of amides is 3. The molecule has 1 aliphatic rings. The minimum Gasteiger partial charge on any atom is -0.370 e. The minimum atomic E-state index is -0.503. The van der Waals surface area contributed by atoms with Gasteiger partial charge in [0, 0.05) is 31.6 Å². The molecule has 0 aliphatic carbocycles. The summed E-state index contributed by atoms with van der Waals surface area (Å²) in [6.07, 6.45) is 1.43. The first-order valence-electron chi connectivity index (χ1n) is 8.69. The smallest absolute Gasteiger partial charge is 0.241 e. The van der Waals surface area contributed by atoms with Crippen LogP contribution in [-0.2, 0) is 14.4 Å². The van der Waals surface area contributed by atoms with Crippen LogP contribution in [0.3, 0.4) is 0 Å². The third-order valence-electron chi connectivity index (χ3n) is 4.58. The van der Waals surface area contributed by atoms with Gasteiger partial charge in [-0.25, -0.2) is 4.39 Å². The molecule has 1 aromatic rings. The van der Waals surface area contributed by atoms with E-state index in [1.807, 2.05) is 4.90 Å². The van der Waals surface area contributed by atoms with Gasteiger partial charge in [-0.15, -0.1) is 0 Å². The first-order valence-corrected chi connectivity index (χ1v) is 8.69. The number of primary amides is 1. The number of rotatable bonds is 7. The number of nitrogens with one attached hydrogen (secondary N) is 1. The van der Waals surface area contributed by atoms with Gasteiger partial charge in [-0.3, -0.25) is 19.3 Å². The largest absolute Gasteiger partial charge is 0.370 e. The summed E-state index contributed by atoms with van der Waals surface area (Å²) < 4.78 is 13.2. The number of nitrogens with two attached hydrogens (primary N) is 1. The van der Waals surface area contributed by atoms with Gasteiger partial charge in [0.15, 0.2) is 0 Å². The fraction of sp³-hybridized carbons (Fsp3) is 0.500. The van der Waals surface area contributed by atoms with Crippen LogP contribution in [0.5, 0.6) is 0 Å². The van der Waals surface area contributed by atoms with Gasteiger partial charge in [0.25, 0.3) is 0 Å². The molecule has 0 unspecified atom stereocenters. The maximum Gasteiger partial charge on any atom is 0.241 e. The molecular weight excluding hydrogens is 339 g/mol. The third kappa shape index (κ3) is 5.52. The number of benzene rings is 1. The van der Waals surface area contributed by atoms with E-state index in [2.05, 4.69) is 5.32 Å². The number of piperidine rings is 1. The zero-order chi connectivity index (χ0) is 19.1. The third-order valence-corrected chi connectivity index (χ3v) is 4.58. The Bertz CT molecular complexity index is 642. The Morgan fingerprint density at radius 1 is 1.23 bits per heavy atom. The molecule has 142 valence electrons. The van der Waals surface area contributed by atoms with Crippen molar-refractivity contribution in [1.82, 2.24) is 10.2 Å². The molecule has 3 amide bonds. The van der Waals surface area contributed by atoms with Crippen LogP contribution < -0.4 is 16.0 Å². The first-order chi connectivity index (χ1) is 12.4. The Hall–Kier alpha value is -2.48. The summed E-state index contributed by atoms with van der Waals surface area (Å²) in [6, 6.07) is 5.56. The Morgan fingerprint density at radius 3 is 2.38 bits per heavy atom. The highest BCUT2D eigenvalue weighted by Crippen LogP contribution is 2.19. The molecule has 0 atom stereocenters. The van der Waals surface area contributed by atoms with E-state index in [9.17, 15) is 18.8 Å². The highest BCUT2D eigenvalue weighted by atomic mass is 19.1. The standard InChI is InChI=1S/C18H25FN4O3/c1-21-18(26)13-6-9-22(10-7-13)12-17(25)23(11-8-16(20)24)15-4-2-14(19)3-5-15/h2-5,13H,6-12H2,1H3,(H2,20,24)(H,21,26). The van der Waals surface area contributed by atoms with Crippen molar-refractivity contribution < 1.29 is 18.8 Å². The van der Waals surface area contributed by atoms with Crippen LogP contribution in [0, 0.1) is 11.7 Å². The summed E-state index contributed by atoms with van der Waals surface area (Å²) in [5.41, 5.74) is 5.72. The van der Waals surface area contributed by atoms with E-state index in [4.69, 9.17) is 5.73 Å². The molecule has 0 bridgehead atoms. The molecule has 0 spiro atoms. The van der Waals surface area contributed by atoms with E-state index in [0.717, 1.165) is 0 Å². The second-order valence-electron chi connectivity index (χ2n) is 6.40. The summed E-state index contributed by atoms with van der Waals surface area (Å²) in [4.78, 5) is 39.0. The van der Waals surface area contributed by atoms with Gasteiger partial charge in [-0.1, -0.05) is 0 Å². The van der Waals surface area contributed by atoms with Crippen LogP contribution in [0.2, 0.25) is 0 Å². The fourth-order valence-corrected chi connectivity index (χ4v) is 3.07. The average molecular weight is 364 g/mol. The number of carbonyl (C=O) groups is 3. The Balaban J connectivity index is 1.99. The molecule has 8 heteroatoms. The average Bonchev–Trinajstić information content (AvgIpc) is 2.63. The molecule has 1 aromatic carbocycles. The van der Waals surface area contributed by atoms with Crippen molar-refractivity contribution >= 4 is 23.4 Å². The Kier molecular flexibility index (Phi) is 7.08. The van der Waals surface area contributed by atoms with E-state index >= 15 is 0 Å². The summed E-state index contributed by atoms with van der Waals surface area (Å²) in [6.45, 7) is 1.62. The lowest BCUT2D eigenvalue weighted by atomic mass is 9.96. The van der Waals surface area contributed by atoms with E-state index in [0.29, 0.717) is 31.6 Å². The maximum absolute atomic E-state index is 13.2. The van der Waals surface area contributed by atoms with Gasteiger partial charge >= 0.3 is 0 Å². The van der Waals surface area contributed by atoms with Crippen molar-refractivity contribution in [2.45, 2.75) is 19.3 Å². The topological polar surface area (TPSA) is 95.7 Å². The minimum absolute atomic E-state index is 0.0191. The Labute approximate surface area is 152 Å². The predicted molar refractivity (Wildman–Crippen MR) is 95.8 cm³/mol. The number of halogens is 1. The van der Waals surface area contributed by atoms with E-state index in [1.165, 1.54) is 29.2 Å². The molecule has 1 fully saturated rings. The van der Waals surface area contributed by atoms with Gasteiger partial charge in [0.2, 0.25) is 17.7 Å². The number of likely N-dealkylation sites (tertiary alicyclic amines) is 1. The fourth-order valence-electron chi connectivity index (χ4n) is 3.07. The lowest BCUT2D eigenvalue weighted by Gasteiger charge is -2.32. The van der Waals surface area contributed by atoms with Crippen LogP contribution in [0.1, 0.15) is 19.3 Å². The van der Waals surface area contributed by atoms with Crippen LogP contribution in [0.4, 0.5) is 10.1 Å². The van der Waals surface area contributed by atoms with Crippen LogP contribution >= 0.6 is 0 Å². The number of carbonyl (C=O) groups excluding carboxylic acids is 3. The molecule has 0 radical (unpaired) electrons. The molecule has 26 heavy (non-hydrogen) atoms. The van der Waals surface area contributed by atoms with Gasteiger partial charge < -0.3 is 16.0 Å². The highest BCUT2D eigenvalue weighted by Gasteiger charge is 2.26. The van der Waals surface area contributed by atoms with Crippen molar-refractivity contribution in [3.05, 3.63) is 30.1 Å². The maximum atomic E-state index is 13.2. The molecule has 0 saturated carbocycles. The van der Waals surface area contributed by atoms with Crippen molar-refractivity contribution in [2.24, 2.45) is 11.7 Å². The molecular formula is C18H25FN4O3. The second-order valence-corrected chi connectivity index (χ2v) is 6.40. The summed E-state index contributed by atoms with van der Waals surface area (Å²) in [7, 11) is 1.62. The zero-order valence-electron chi connectivity index (χ0n) is 14.9. The van der Waals surface area contributed by atoms with E-state index in [1.54, 1.807) is 7.05 Å². The molecule has 3 N–H and O–H groups in total. The molecule has 1 saturated heterocycles.